The number of nitrogens with two attached hydrogens (primary N) is 1. The first-order valence-electron chi connectivity index (χ1n) is 5.33. The van der Waals surface area contributed by atoms with Crippen LogP contribution in [0.2, 0.25) is 0 Å². The van der Waals surface area contributed by atoms with E-state index in [1.54, 1.807) is 6.07 Å². The van der Waals surface area contributed by atoms with Crippen molar-refractivity contribution in [2.75, 3.05) is 5.73 Å². The average molecular weight is 204 g/mol. The molecule has 3 heteroatoms. The fourth-order valence-electron chi connectivity index (χ4n) is 1.92. The van der Waals surface area contributed by atoms with Crippen LogP contribution in [0.3, 0.4) is 0 Å². The van der Waals surface area contributed by atoms with Crippen molar-refractivity contribution in [3.63, 3.8) is 0 Å². The molecular weight excluding hydrogens is 188 g/mol. The molecule has 0 bridgehead atoms. The molecule has 0 spiro atoms. The number of fused-ring (bicyclic) bond motifs is 1. The van der Waals surface area contributed by atoms with Gasteiger partial charge in [0.2, 0.25) is 0 Å². The number of hydrogen-bond acceptors (Lipinski definition) is 2. The average Bonchev–Trinajstić information content (AvgIpc) is 2.55. The minimum atomic E-state index is 0.117. The van der Waals surface area contributed by atoms with Crippen molar-refractivity contribution in [1.29, 1.82) is 0 Å². The minimum Gasteiger partial charge on any atom is -0.399 e. The normalized spacial score (nSPS) is 16.7. The van der Waals surface area contributed by atoms with E-state index in [1.807, 2.05) is 17.0 Å². The van der Waals surface area contributed by atoms with Crippen LogP contribution >= 0.6 is 0 Å². The summed E-state index contributed by atoms with van der Waals surface area (Å²) in [7, 11) is 0. The maximum absolute atomic E-state index is 12.0. The summed E-state index contributed by atoms with van der Waals surface area (Å²) in [6.45, 7) is 4.89. The lowest BCUT2D eigenvalue weighted by Gasteiger charge is -2.22. The molecule has 3 nitrogen and oxygen atoms in total. The van der Waals surface area contributed by atoms with Gasteiger partial charge in [-0.25, -0.2) is 0 Å². The molecule has 2 N–H and O–H groups in total. The summed E-state index contributed by atoms with van der Waals surface area (Å²) in [6, 6.07) is 5.88. The van der Waals surface area contributed by atoms with E-state index < -0.39 is 0 Å². The van der Waals surface area contributed by atoms with Crippen molar-refractivity contribution in [1.82, 2.24) is 4.90 Å². The second kappa shape index (κ2) is 3.57. The Morgan fingerprint density at radius 2 is 2.27 bits per heavy atom. The lowest BCUT2D eigenvalue weighted by molar-refractivity contribution is 0.0713. The van der Waals surface area contributed by atoms with E-state index in [1.165, 1.54) is 0 Å². The molecule has 1 aliphatic rings. The van der Waals surface area contributed by atoms with Crippen LogP contribution in [0.25, 0.3) is 0 Å². The summed E-state index contributed by atoms with van der Waals surface area (Å²) < 4.78 is 0. The first kappa shape index (κ1) is 10.0. The third-order valence-corrected chi connectivity index (χ3v) is 3.09. The minimum absolute atomic E-state index is 0.117. The molecule has 1 aromatic carbocycles. The molecular formula is C12H16N2O. The summed E-state index contributed by atoms with van der Waals surface area (Å²) in [5, 5.41) is 0. The first-order chi connectivity index (χ1) is 7.13. The fourth-order valence-corrected chi connectivity index (χ4v) is 1.92. The number of nitrogen functional groups attached to an aromatic ring is 1. The van der Waals surface area contributed by atoms with E-state index in [-0.39, 0.29) is 5.91 Å². The highest BCUT2D eigenvalue weighted by Crippen LogP contribution is 2.26. The van der Waals surface area contributed by atoms with Crippen LogP contribution in [0.1, 0.15) is 36.2 Å². The highest BCUT2D eigenvalue weighted by atomic mass is 16.2. The lowest BCUT2D eigenvalue weighted by atomic mass is 10.1. The number of nitrogens with zero attached hydrogens (tertiary/aromatic N) is 1. The molecule has 0 saturated heterocycles. The van der Waals surface area contributed by atoms with E-state index in [0.29, 0.717) is 11.7 Å². The van der Waals surface area contributed by atoms with E-state index >= 15 is 0 Å². The summed E-state index contributed by atoms with van der Waals surface area (Å²) in [6.07, 6.45) is 0.981. The van der Waals surface area contributed by atoms with Gasteiger partial charge in [-0.1, -0.05) is 13.0 Å². The molecule has 1 aliphatic heterocycles. The largest absolute Gasteiger partial charge is 0.399 e. The zero-order chi connectivity index (χ0) is 11.0. The van der Waals surface area contributed by atoms with Crippen LogP contribution in [-0.4, -0.2) is 16.8 Å². The van der Waals surface area contributed by atoms with E-state index in [9.17, 15) is 4.79 Å². The van der Waals surface area contributed by atoms with E-state index in [0.717, 1.165) is 24.1 Å². The molecule has 1 aromatic rings. The molecule has 0 aromatic heterocycles. The predicted molar refractivity (Wildman–Crippen MR) is 60.5 cm³/mol. The number of carbonyl (C=O) groups is 1. The first-order valence-corrected chi connectivity index (χ1v) is 5.33. The number of benzene rings is 1. The summed E-state index contributed by atoms with van der Waals surface area (Å²) in [5.41, 5.74) is 8.20. The summed E-state index contributed by atoms with van der Waals surface area (Å²) in [5.74, 6) is 0.117. The molecule has 0 aliphatic carbocycles. The van der Waals surface area contributed by atoms with Crippen molar-refractivity contribution in [2.24, 2.45) is 0 Å². The van der Waals surface area contributed by atoms with Gasteiger partial charge in [-0.05, 0) is 31.0 Å². The highest BCUT2D eigenvalue weighted by molar-refractivity contribution is 5.99. The number of rotatable bonds is 2. The molecule has 1 heterocycles. The van der Waals surface area contributed by atoms with Gasteiger partial charge in [0.1, 0.15) is 0 Å². The number of amides is 1. The van der Waals surface area contributed by atoms with Gasteiger partial charge in [0.05, 0.1) is 0 Å². The van der Waals surface area contributed by atoms with Crippen molar-refractivity contribution < 1.29 is 4.79 Å². The molecule has 0 fully saturated rings. The van der Waals surface area contributed by atoms with Crippen LogP contribution in [0.15, 0.2) is 18.2 Å². The predicted octanol–water partition coefficient (Wildman–Crippen LogP) is 2.02. The Balaban J connectivity index is 2.33. The Hall–Kier alpha value is -1.51. The van der Waals surface area contributed by atoms with Gasteiger partial charge in [0, 0.05) is 23.8 Å². The quantitative estimate of drug-likeness (QED) is 0.749. The SMILES string of the molecule is CCC(C)N1Cc2ccc(N)cc2C1=O. The van der Waals surface area contributed by atoms with Gasteiger partial charge in [0.25, 0.3) is 5.91 Å². The van der Waals surface area contributed by atoms with Crippen LogP contribution in [0.4, 0.5) is 5.69 Å². The Morgan fingerprint density at radius 1 is 1.53 bits per heavy atom. The summed E-state index contributed by atoms with van der Waals surface area (Å²) in [4.78, 5) is 13.9. The monoisotopic (exact) mass is 204 g/mol. The van der Waals surface area contributed by atoms with Crippen molar-refractivity contribution in [3.8, 4) is 0 Å². The topological polar surface area (TPSA) is 46.3 Å². The summed E-state index contributed by atoms with van der Waals surface area (Å²) >= 11 is 0. The van der Waals surface area contributed by atoms with Crippen LogP contribution in [0, 0.1) is 0 Å². The molecule has 15 heavy (non-hydrogen) atoms. The van der Waals surface area contributed by atoms with Crippen molar-refractivity contribution in [3.05, 3.63) is 29.3 Å². The molecule has 1 atom stereocenters. The third kappa shape index (κ3) is 1.58. The molecule has 1 unspecified atom stereocenters. The second-order valence-electron chi connectivity index (χ2n) is 4.11. The van der Waals surface area contributed by atoms with E-state index in [4.69, 9.17) is 5.73 Å². The zero-order valence-electron chi connectivity index (χ0n) is 9.16. The molecule has 0 radical (unpaired) electrons. The molecule has 1 amide bonds. The van der Waals surface area contributed by atoms with Crippen LogP contribution < -0.4 is 5.73 Å². The maximum atomic E-state index is 12.0. The Kier molecular flexibility index (Phi) is 2.39. The standard InChI is InChI=1S/C12H16N2O/c1-3-8(2)14-7-9-4-5-10(13)6-11(9)12(14)15/h4-6,8H,3,7,13H2,1-2H3. The number of anilines is 1. The van der Waals surface area contributed by atoms with Crippen LogP contribution in [-0.2, 0) is 6.54 Å². The molecule has 80 valence electrons. The van der Waals surface area contributed by atoms with Crippen molar-refractivity contribution in [2.45, 2.75) is 32.9 Å². The van der Waals surface area contributed by atoms with Gasteiger partial charge in [-0.2, -0.15) is 0 Å². The fraction of sp³-hybridized carbons (Fsp3) is 0.417. The van der Waals surface area contributed by atoms with Crippen LogP contribution in [0.5, 0.6) is 0 Å². The van der Waals surface area contributed by atoms with E-state index in [2.05, 4.69) is 13.8 Å². The second-order valence-corrected chi connectivity index (χ2v) is 4.11. The lowest BCUT2D eigenvalue weighted by Crippen LogP contribution is -2.32. The third-order valence-electron chi connectivity index (χ3n) is 3.09. The number of hydrogen-bond donors (Lipinski definition) is 1. The van der Waals surface area contributed by atoms with Crippen molar-refractivity contribution >= 4 is 11.6 Å². The Bertz CT molecular complexity index is 401. The Labute approximate surface area is 89.9 Å². The van der Waals surface area contributed by atoms with Gasteiger partial charge >= 0.3 is 0 Å². The van der Waals surface area contributed by atoms with Gasteiger partial charge < -0.3 is 10.6 Å². The van der Waals surface area contributed by atoms with Gasteiger partial charge in [-0.3, -0.25) is 4.79 Å². The molecule has 2 rings (SSSR count). The number of carbonyl (C=O) groups excluding carboxylic acids is 1. The highest BCUT2D eigenvalue weighted by Gasteiger charge is 2.29. The molecule has 0 saturated carbocycles. The van der Waals surface area contributed by atoms with Gasteiger partial charge in [0.15, 0.2) is 0 Å². The zero-order valence-corrected chi connectivity index (χ0v) is 9.16. The van der Waals surface area contributed by atoms with Gasteiger partial charge in [-0.15, -0.1) is 0 Å². The Morgan fingerprint density at radius 3 is 2.93 bits per heavy atom. The maximum Gasteiger partial charge on any atom is 0.254 e. The smallest absolute Gasteiger partial charge is 0.254 e.